The Kier molecular flexibility index (Phi) is 4.46. The van der Waals surface area contributed by atoms with Crippen LogP contribution in [0.1, 0.15) is 23.6 Å². The van der Waals surface area contributed by atoms with Gasteiger partial charge in [0, 0.05) is 6.54 Å². The van der Waals surface area contributed by atoms with Crippen LogP contribution in [0.4, 0.5) is 0 Å². The van der Waals surface area contributed by atoms with Crippen molar-refractivity contribution in [3.63, 3.8) is 0 Å². The monoisotopic (exact) mass is 266 g/mol. The molecule has 0 spiro atoms. The van der Waals surface area contributed by atoms with Gasteiger partial charge in [-0.15, -0.1) is 0 Å². The zero-order valence-corrected chi connectivity index (χ0v) is 11.8. The minimum Gasteiger partial charge on any atom is -0.316 e. The van der Waals surface area contributed by atoms with Crippen molar-refractivity contribution >= 4 is 0 Å². The second-order valence-electron chi connectivity index (χ2n) is 5.52. The highest BCUT2D eigenvalue weighted by molar-refractivity contribution is 5.31. The van der Waals surface area contributed by atoms with Crippen LogP contribution in [0, 0.1) is 5.92 Å². The number of hydrogen-bond donors (Lipinski definition) is 2. The van der Waals surface area contributed by atoms with Crippen LogP contribution < -0.4 is 10.6 Å². The third-order valence-corrected chi connectivity index (χ3v) is 4.04. The Morgan fingerprint density at radius 3 is 2.05 bits per heavy atom. The summed E-state index contributed by atoms with van der Waals surface area (Å²) in [6.45, 7) is 3.37. The van der Waals surface area contributed by atoms with Gasteiger partial charge in [-0.1, -0.05) is 60.7 Å². The van der Waals surface area contributed by atoms with E-state index in [0.717, 1.165) is 25.6 Å². The van der Waals surface area contributed by atoms with Gasteiger partial charge >= 0.3 is 0 Å². The van der Waals surface area contributed by atoms with Gasteiger partial charge in [-0.25, -0.2) is 0 Å². The molecule has 2 nitrogen and oxygen atoms in total. The van der Waals surface area contributed by atoms with E-state index in [-0.39, 0.29) is 6.04 Å². The maximum atomic E-state index is 3.75. The summed E-state index contributed by atoms with van der Waals surface area (Å²) in [6.07, 6.45) is 1.28. The van der Waals surface area contributed by atoms with E-state index in [4.69, 9.17) is 0 Å². The molecule has 1 aliphatic rings. The molecule has 1 fully saturated rings. The summed E-state index contributed by atoms with van der Waals surface area (Å²) in [5.74, 6) is 0.755. The molecule has 1 saturated heterocycles. The molecule has 2 heteroatoms. The average Bonchev–Trinajstić information content (AvgIpc) is 3.03. The van der Waals surface area contributed by atoms with Crippen molar-refractivity contribution in [2.75, 3.05) is 19.6 Å². The summed E-state index contributed by atoms with van der Waals surface area (Å²) < 4.78 is 0. The predicted molar refractivity (Wildman–Crippen MR) is 83.7 cm³/mol. The Hall–Kier alpha value is -1.64. The summed E-state index contributed by atoms with van der Waals surface area (Å²) in [6, 6.07) is 21.7. The van der Waals surface area contributed by atoms with E-state index in [1.165, 1.54) is 17.5 Å². The minimum absolute atomic E-state index is 0.290. The molecule has 2 N–H and O–H groups in total. The minimum atomic E-state index is 0.290. The fourth-order valence-corrected chi connectivity index (χ4v) is 2.89. The molecule has 2 aromatic rings. The molecular formula is C18H22N2. The molecule has 1 unspecified atom stereocenters. The zero-order valence-electron chi connectivity index (χ0n) is 11.8. The summed E-state index contributed by atoms with van der Waals surface area (Å²) in [4.78, 5) is 0. The van der Waals surface area contributed by atoms with Crippen molar-refractivity contribution < 1.29 is 0 Å². The highest BCUT2D eigenvalue weighted by Crippen LogP contribution is 2.22. The summed E-state index contributed by atoms with van der Waals surface area (Å²) in [5.41, 5.74) is 2.68. The molecule has 2 aromatic carbocycles. The van der Waals surface area contributed by atoms with Gasteiger partial charge in [0.1, 0.15) is 0 Å². The van der Waals surface area contributed by atoms with E-state index in [1.54, 1.807) is 0 Å². The normalized spacial score (nSPS) is 18.6. The first-order valence-electron chi connectivity index (χ1n) is 7.47. The Labute approximate surface area is 121 Å². The first-order valence-corrected chi connectivity index (χ1v) is 7.47. The lowest BCUT2D eigenvalue weighted by atomic mass is 9.98. The van der Waals surface area contributed by atoms with Gasteiger partial charge in [0.2, 0.25) is 0 Å². The summed E-state index contributed by atoms with van der Waals surface area (Å²) >= 11 is 0. The fourth-order valence-electron chi connectivity index (χ4n) is 2.89. The Morgan fingerprint density at radius 1 is 0.950 bits per heavy atom. The molecule has 1 aliphatic heterocycles. The molecule has 3 rings (SSSR count). The molecular weight excluding hydrogens is 244 g/mol. The van der Waals surface area contributed by atoms with Crippen molar-refractivity contribution in [2.45, 2.75) is 12.5 Å². The molecule has 1 heterocycles. The smallest absolute Gasteiger partial charge is 0.0576 e. The second-order valence-corrected chi connectivity index (χ2v) is 5.52. The first-order chi connectivity index (χ1) is 9.93. The van der Waals surface area contributed by atoms with Crippen molar-refractivity contribution in [2.24, 2.45) is 5.92 Å². The molecule has 20 heavy (non-hydrogen) atoms. The highest BCUT2D eigenvalue weighted by Gasteiger charge is 2.18. The third kappa shape index (κ3) is 3.27. The van der Waals surface area contributed by atoms with Crippen LogP contribution in [0.3, 0.4) is 0 Å². The number of hydrogen-bond acceptors (Lipinski definition) is 2. The average molecular weight is 266 g/mol. The topological polar surface area (TPSA) is 24.1 Å². The van der Waals surface area contributed by atoms with Crippen LogP contribution in [0.2, 0.25) is 0 Å². The Balaban J connectivity index is 1.76. The van der Waals surface area contributed by atoms with Crippen LogP contribution in [0.15, 0.2) is 60.7 Å². The van der Waals surface area contributed by atoms with Crippen molar-refractivity contribution in [3.05, 3.63) is 71.8 Å². The highest BCUT2D eigenvalue weighted by atomic mass is 15.0. The SMILES string of the molecule is c1ccc(C(NCC2CCNC2)c2ccccc2)cc1. The van der Waals surface area contributed by atoms with Gasteiger partial charge in [0.25, 0.3) is 0 Å². The molecule has 104 valence electrons. The molecule has 0 amide bonds. The zero-order chi connectivity index (χ0) is 13.6. The van der Waals surface area contributed by atoms with E-state index in [9.17, 15) is 0 Å². The van der Waals surface area contributed by atoms with Gasteiger partial charge in [0.15, 0.2) is 0 Å². The number of rotatable bonds is 5. The lowest BCUT2D eigenvalue weighted by Crippen LogP contribution is -2.29. The standard InChI is InChI=1S/C18H22N2/c1-3-7-16(8-4-1)18(17-9-5-2-6-10-17)20-14-15-11-12-19-13-15/h1-10,15,18-20H,11-14H2. The summed E-state index contributed by atoms with van der Waals surface area (Å²) in [7, 11) is 0. The van der Waals surface area contributed by atoms with Crippen molar-refractivity contribution in [1.82, 2.24) is 10.6 Å². The fraction of sp³-hybridized carbons (Fsp3) is 0.333. The Bertz CT molecular complexity index is 464. The van der Waals surface area contributed by atoms with Gasteiger partial charge in [-0.3, -0.25) is 0 Å². The maximum absolute atomic E-state index is 3.75. The quantitative estimate of drug-likeness (QED) is 0.869. The van der Waals surface area contributed by atoms with Gasteiger partial charge in [-0.2, -0.15) is 0 Å². The van der Waals surface area contributed by atoms with E-state index in [1.807, 2.05) is 0 Å². The van der Waals surface area contributed by atoms with Crippen molar-refractivity contribution in [3.8, 4) is 0 Å². The van der Waals surface area contributed by atoms with Crippen molar-refractivity contribution in [1.29, 1.82) is 0 Å². The number of nitrogens with one attached hydrogen (secondary N) is 2. The van der Waals surface area contributed by atoms with Crippen LogP contribution in [0.5, 0.6) is 0 Å². The van der Waals surface area contributed by atoms with Crippen LogP contribution in [0.25, 0.3) is 0 Å². The van der Waals surface area contributed by atoms with Crippen LogP contribution in [-0.4, -0.2) is 19.6 Å². The first kappa shape index (κ1) is 13.3. The molecule has 0 saturated carbocycles. The van der Waals surface area contributed by atoms with Gasteiger partial charge < -0.3 is 10.6 Å². The maximum Gasteiger partial charge on any atom is 0.0576 e. The predicted octanol–water partition coefficient (Wildman–Crippen LogP) is 2.98. The molecule has 0 aliphatic carbocycles. The van der Waals surface area contributed by atoms with E-state index < -0.39 is 0 Å². The third-order valence-electron chi connectivity index (χ3n) is 4.04. The second kappa shape index (κ2) is 6.69. The summed E-state index contributed by atoms with van der Waals surface area (Å²) in [5, 5.41) is 7.19. The largest absolute Gasteiger partial charge is 0.316 e. The molecule has 1 atom stereocenters. The number of benzene rings is 2. The van der Waals surface area contributed by atoms with Gasteiger partial charge in [-0.05, 0) is 36.6 Å². The molecule has 0 radical (unpaired) electrons. The lowest BCUT2D eigenvalue weighted by Gasteiger charge is -2.22. The Morgan fingerprint density at radius 2 is 1.55 bits per heavy atom. The lowest BCUT2D eigenvalue weighted by molar-refractivity contribution is 0.483. The van der Waals surface area contributed by atoms with E-state index in [0.29, 0.717) is 0 Å². The van der Waals surface area contributed by atoms with Crippen LogP contribution >= 0.6 is 0 Å². The molecule has 0 bridgehead atoms. The van der Waals surface area contributed by atoms with Gasteiger partial charge in [0.05, 0.1) is 6.04 Å². The van der Waals surface area contributed by atoms with Crippen LogP contribution in [-0.2, 0) is 0 Å². The van der Waals surface area contributed by atoms with E-state index >= 15 is 0 Å². The van der Waals surface area contributed by atoms with E-state index in [2.05, 4.69) is 71.3 Å². The molecule has 0 aromatic heterocycles.